The molecule has 0 aliphatic carbocycles. The van der Waals surface area contributed by atoms with Gasteiger partial charge in [0, 0.05) is 26.2 Å². The molecule has 1 saturated heterocycles. The fraction of sp³-hybridized carbons (Fsp3) is 0.375. The Bertz CT molecular complexity index is 687. The first-order valence-corrected chi connectivity index (χ1v) is 8.01. The Kier molecular flexibility index (Phi) is 4.43. The van der Waals surface area contributed by atoms with Crippen LogP contribution in [-0.2, 0) is 0 Å². The molecule has 0 atom stereocenters. The number of aromatic amines is 1. The number of para-hydroxylation sites is 1. The number of amides is 2. The molecule has 0 radical (unpaired) electrons. The maximum Gasteiger partial charge on any atom is 0.322 e. The van der Waals surface area contributed by atoms with Gasteiger partial charge in [0.2, 0.25) is 0 Å². The van der Waals surface area contributed by atoms with Gasteiger partial charge in [-0.25, -0.2) is 4.79 Å². The van der Waals surface area contributed by atoms with E-state index < -0.39 is 0 Å². The largest absolute Gasteiger partial charge is 0.365 e. The number of carbonyl (C=O) groups is 1. The van der Waals surface area contributed by atoms with Crippen molar-refractivity contribution in [2.45, 2.75) is 13.8 Å². The number of H-pyrrole nitrogens is 1. The predicted octanol–water partition coefficient (Wildman–Crippen LogP) is 3.03. The van der Waals surface area contributed by atoms with Crippen molar-refractivity contribution in [2.24, 2.45) is 0 Å². The van der Waals surface area contributed by atoms with Crippen molar-refractivity contribution in [2.75, 3.05) is 36.4 Å². The first-order chi connectivity index (χ1) is 11.1. The second-order valence-corrected chi connectivity index (χ2v) is 6.07. The minimum atomic E-state index is -0.113. The van der Waals surface area contributed by atoms with Gasteiger partial charge in [-0.3, -0.25) is 5.10 Å². The summed E-state index contributed by atoms with van der Waals surface area (Å²) in [6, 6.07) is 7.14. The van der Waals surface area contributed by atoms with Crippen molar-refractivity contribution in [1.82, 2.24) is 15.1 Å². The van der Waals surface area contributed by atoms with E-state index >= 15 is 0 Å². The number of hydrogen-bond acceptors (Lipinski definition) is 3. The van der Waals surface area contributed by atoms with Crippen molar-refractivity contribution in [1.29, 1.82) is 0 Å². The number of benzene rings is 1. The minimum absolute atomic E-state index is 0.113. The Morgan fingerprint density at radius 1 is 1.22 bits per heavy atom. The molecule has 1 fully saturated rings. The molecule has 0 saturated carbocycles. The Balaban J connectivity index is 1.61. The summed E-state index contributed by atoms with van der Waals surface area (Å²) in [4.78, 5) is 16.4. The first kappa shape index (κ1) is 15.7. The lowest BCUT2D eigenvalue weighted by atomic mass is 10.2. The molecule has 1 aromatic heterocycles. The van der Waals surface area contributed by atoms with Crippen LogP contribution in [0.2, 0.25) is 5.02 Å². The average Bonchev–Trinajstić information content (AvgIpc) is 2.88. The molecule has 1 aromatic carbocycles. The number of urea groups is 1. The van der Waals surface area contributed by atoms with Gasteiger partial charge in [-0.15, -0.1) is 0 Å². The van der Waals surface area contributed by atoms with E-state index in [1.165, 1.54) is 0 Å². The quantitative estimate of drug-likeness (QED) is 0.888. The van der Waals surface area contributed by atoms with Gasteiger partial charge in [-0.05, 0) is 26.0 Å². The Morgan fingerprint density at radius 2 is 1.91 bits per heavy atom. The molecular formula is C16H20ClN5O. The molecule has 0 spiro atoms. The fourth-order valence-corrected chi connectivity index (χ4v) is 3.08. The third-order valence-corrected chi connectivity index (χ3v) is 4.42. The predicted molar refractivity (Wildman–Crippen MR) is 92.3 cm³/mol. The van der Waals surface area contributed by atoms with E-state index in [9.17, 15) is 4.79 Å². The molecule has 6 nitrogen and oxygen atoms in total. The van der Waals surface area contributed by atoms with Crippen LogP contribution >= 0.6 is 11.6 Å². The normalized spacial score (nSPS) is 14.9. The van der Waals surface area contributed by atoms with Crippen molar-refractivity contribution in [3.63, 3.8) is 0 Å². The van der Waals surface area contributed by atoms with Gasteiger partial charge in [-0.2, -0.15) is 5.10 Å². The number of nitrogens with zero attached hydrogens (tertiary/aromatic N) is 3. The molecule has 2 heterocycles. The number of rotatable bonds is 2. The standard InChI is InChI=1S/C16H20ClN5O/c1-11-15(12(2)20-19-11)21-7-9-22(10-8-21)16(23)18-14-6-4-3-5-13(14)17/h3-6H,7-10H2,1-2H3,(H,18,23)(H,19,20). The van der Waals surface area contributed by atoms with Gasteiger partial charge in [0.1, 0.15) is 0 Å². The number of aryl methyl sites for hydroxylation is 2. The van der Waals surface area contributed by atoms with E-state index in [4.69, 9.17) is 11.6 Å². The fourth-order valence-electron chi connectivity index (χ4n) is 2.90. The number of carbonyl (C=O) groups excluding carboxylic acids is 1. The molecule has 2 N–H and O–H groups in total. The Hall–Kier alpha value is -2.21. The molecule has 3 rings (SSSR count). The van der Waals surface area contributed by atoms with Gasteiger partial charge in [-0.1, -0.05) is 23.7 Å². The highest BCUT2D eigenvalue weighted by molar-refractivity contribution is 6.33. The molecule has 7 heteroatoms. The van der Waals surface area contributed by atoms with E-state index in [0.29, 0.717) is 23.8 Å². The van der Waals surface area contributed by atoms with Gasteiger partial charge >= 0.3 is 6.03 Å². The molecular weight excluding hydrogens is 314 g/mol. The second kappa shape index (κ2) is 6.50. The van der Waals surface area contributed by atoms with Crippen LogP contribution in [0.4, 0.5) is 16.2 Å². The number of halogens is 1. The molecule has 2 amide bonds. The Labute approximate surface area is 140 Å². The summed E-state index contributed by atoms with van der Waals surface area (Å²) in [7, 11) is 0. The molecule has 1 aliphatic rings. The third kappa shape index (κ3) is 3.27. The summed E-state index contributed by atoms with van der Waals surface area (Å²) in [6.45, 7) is 6.93. The summed E-state index contributed by atoms with van der Waals surface area (Å²) in [6.07, 6.45) is 0. The maximum absolute atomic E-state index is 12.4. The maximum atomic E-state index is 12.4. The van der Waals surface area contributed by atoms with E-state index in [1.54, 1.807) is 12.1 Å². The number of piperazine rings is 1. The van der Waals surface area contributed by atoms with E-state index in [0.717, 1.165) is 30.2 Å². The van der Waals surface area contributed by atoms with Crippen LogP contribution in [-0.4, -0.2) is 47.3 Å². The topological polar surface area (TPSA) is 64.3 Å². The van der Waals surface area contributed by atoms with Gasteiger partial charge < -0.3 is 15.1 Å². The third-order valence-electron chi connectivity index (χ3n) is 4.09. The highest BCUT2D eigenvalue weighted by Gasteiger charge is 2.24. The first-order valence-electron chi connectivity index (χ1n) is 7.63. The number of aromatic nitrogens is 2. The van der Waals surface area contributed by atoms with Crippen molar-refractivity contribution in [3.05, 3.63) is 40.7 Å². The summed E-state index contributed by atoms with van der Waals surface area (Å²) >= 11 is 6.08. The van der Waals surface area contributed by atoms with Crippen LogP contribution in [0.3, 0.4) is 0 Å². The lowest BCUT2D eigenvalue weighted by molar-refractivity contribution is 0.208. The molecule has 122 valence electrons. The summed E-state index contributed by atoms with van der Waals surface area (Å²) in [5, 5.41) is 10.7. The van der Waals surface area contributed by atoms with Crippen LogP contribution in [0.5, 0.6) is 0 Å². The van der Waals surface area contributed by atoms with Crippen molar-refractivity contribution in [3.8, 4) is 0 Å². The van der Waals surface area contributed by atoms with Crippen molar-refractivity contribution < 1.29 is 4.79 Å². The van der Waals surface area contributed by atoms with E-state index in [-0.39, 0.29) is 6.03 Å². The van der Waals surface area contributed by atoms with E-state index in [1.807, 2.05) is 30.9 Å². The van der Waals surface area contributed by atoms with Crippen LogP contribution in [0.25, 0.3) is 0 Å². The van der Waals surface area contributed by atoms with Crippen LogP contribution in [0.1, 0.15) is 11.4 Å². The van der Waals surface area contributed by atoms with Gasteiger partial charge in [0.05, 0.1) is 27.8 Å². The summed E-state index contributed by atoms with van der Waals surface area (Å²) in [5.74, 6) is 0. The summed E-state index contributed by atoms with van der Waals surface area (Å²) < 4.78 is 0. The van der Waals surface area contributed by atoms with Gasteiger partial charge in [0.15, 0.2) is 0 Å². The van der Waals surface area contributed by atoms with Crippen LogP contribution in [0, 0.1) is 13.8 Å². The van der Waals surface area contributed by atoms with Crippen LogP contribution < -0.4 is 10.2 Å². The smallest absolute Gasteiger partial charge is 0.322 e. The highest BCUT2D eigenvalue weighted by Crippen LogP contribution is 2.24. The number of nitrogens with one attached hydrogen (secondary N) is 2. The summed E-state index contributed by atoms with van der Waals surface area (Å²) in [5.41, 5.74) is 3.85. The average molecular weight is 334 g/mol. The lowest BCUT2D eigenvalue weighted by Crippen LogP contribution is -2.50. The molecule has 0 unspecified atom stereocenters. The molecule has 0 bridgehead atoms. The monoisotopic (exact) mass is 333 g/mol. The molecule has 1 aliphatic heterocycles. The SMILES string of the molecule is Cc1n[nH]c(C)c1N1CCN(C(=O)Nc2ccccc2Cl)CC1. The van der Waals surface area contributed by atoms with E-state index in [2.05, 4.69) is 20.4 Å². The second-order valence-electron chi connectivity index (χ2n) is 5.67. The van der Waals surface area contributed by atoms with Crippen LogP contribution in [0.15, 0.2) is 24.3 Å². The zero-order valence-corrected chi connectivity index (χ0v) is 14.0. The number of hydrogen-bond donors (Lipinski definition) is 2. The minimum Gasteiger partial charge on any atom is -0.365 e. The zero-order valence-electron chi connectivity index (χ0n) is 13.3. The lowest BCUT2D eigenvalue weighted by Gasteiger charge is -2.36. The zero-order chi connectivity index (χ0) is 16.4. The molecule has 23 heavy (non-hydrogen) atoms. The number of anilines is 2. The van der Waals surface area contributed by atoms with Crippen molar-refractivity contribution >= 4 is 29.0 Å². The Morgan fingerprint density at radius 3 is 2.52 bits per heavy atom. The van der Waals surface area contributed by atoms with Gasteiger partial charge in [0.25, 0.3) is 0 Å². The highest BCUT2D eigenvalue weighted by atomic mass is 35.5. The molecule has 2 aromatic rings.